The Balaban J connectivity index is 1.65. The number of hydrazone groups is 1. The summed E-state index contributed by atoms with van der Waals surface area (Å²) in [5.74, 6) is 1.41. The number of carbonyl (C=O) groups is 1. The van der Waals surface area contributed by atoms with Gasteiger partial charge in [-0.1, -0.05) is 18.2 Å². The van der Waals surface area contributed by atoms with Crippen molar-refractivity contribution in [2.24, 2.45) is 5.10 Å². The van der Waals surface area contributed by atoms with E-state index in [1.54, 1.807) is 30.6 Å². The minimum absolute atomic E-state index is 0.0725. The van der Waals surface area contributed by atoms with Crippen LogP contribution >= 0.6 is 11.3 Å². The Hall–Kier alpha value is -2.38. The minimum atomic E-state index is -0.186. The highest BCUT2D eigenvalue weighted by Crippen LogP contribution is 2.41. The first kappa shape index (κ1) is 19.9. The lowest BCUT2D eigenvalue weighted by atomic mass is 9.99. The Morgan fingerprint density at radius 1 is 1.17 bits per heavy atom. The molecule has 1 aromatic heterocycles. The quantitative estimate of drug-likeness (QED) is 0.790. The maximum absolute atomic E-state index is 13.3. The van der Waals surface area contributed by atoms with Crippen molar-refractivity contribution in [2.45, 2.75) is 31.7 Å². The topological polar surface area (TPSA) is 55.6 Å². The Bertz CT molecular complexity index is 875. The molecular weight excluding hydrogens is 386 g/mol. The molecule has 1 atom stereocenters. The first-order chi connectivity index (χ1) is 14.2. The van der Waals surface area contributed by atoms with Gasteiger partial charge in [0.05, 0.1) is 43.9 Å². The first-order valence-electron chi connectivity index (χ1n) is 10.2. The lowest BCUT2D eigenvalue weighted by Crippen LogP contribution is -3.13. The maximum atomic E-state index is 13.3. The summed E-state index contributed by atoms with van der Waals surface area (Å²) in [6.45, 7) is 2.62. The number of amides is 1. The lowest BCUT2D eigenvalue weighted by Gasteiger charge is -2.27. The van der Waals surface area contributed by atoms with Crippen molar-refractivity contribution in [3.8, 4) is 11.5 Å². The number of likely N-dealkylation sites (tertiary alicyclic amines) is 1. The molecule has 0 radical (unpaired) electrons. The van der Waals surface area contributed by atoms with Crippen LogP contribution in [0.5, 0.6) is 11.5 Å². The number of hydrogen-bond acceptors (Lipinski definition) is 5. The smallest absolute Gasteiger partial charge is 0.298 e. The highest BCUT2D eigenvalue weighted by molar-refractivity contribution is 7.12. The lowest BCUT2D eigenvalue weighted by molar-refractivity contribution is -0.897. The average Bonchev–Trinajstić information content (AvgIpc) is 3.43. The number of para-hydroxylation sites is 1. The molecule has 29 heavy (non-hydrogen) atoms. The second-order valence-corrected chi connectivity index (χ2v) is 8.50. The van der Waals surface area contributed by atoms with Gasteiger partial charge in [0.2, 0.25) is 0 Å². The van der Waals surface area contributed by atoms with E-state index in [0.717, 1.165) is 29.2 Å². The van der Waals surface area contributed by atoms with Crippen molar-refractivity contribution < 1.29 is 19.2 Å². The normalized spacial score (nSPS) is 19.9. The highest BCUT2D eigenvalue weighted by atomic mass is 32.1. The molecule has 3 heterocycles. The Kier molecular flexibility index (Phi) is 6.16. The van der Waals surface area contributed by atoms with Crippen LogP contribution in [0.15, 0.2) is 40.8 Å². The Morgan fingerprint density at radius 2 is 2.00 bits per heavy atom. The van der Waals surface area contributed by atoms with Gasteiger partial charge in [0, 0.05) is 12.0 Å². The first-order valence-corrected chi connectivity index (χ1v) is 11.1. The van der Waals surface area contributed by atoms with E-state index < -0.39 is 0 Å². The number of methoxy groups -OCH3 is 2. The summed E-state index contributed by atoms with van der Waals surface area (Å²) >= 11 is 1.65. The molecule has 1 N–H and O–H groups in total. The summed E-state index contributed by atoms with van der Waals surface area (Å²) in [5.41, 5.74) is 1.89. The van der Waals surface area contributed by atoms with Gasteiger partial charge in [-0.05, 0) is 36.8 Å². The molecule has 1 fully saturated rings. The van der Waals surface area contributed by atoms with E-state index in [-0.39, 0.29) is 11.9 Å². The summed E-state index contributed by atoms with van der Waals surface area (Å²) in [6.07, 6.45) is 4.33. The number of nitrogens with one attached hydrogen (secondary N) is 1. The third-order valence-electron chi connectivity index (χ3n) is 5.73. The second-order valence-electron chi connectivity index (χ2n) is 7.55. The third-order valence-corrected chi connectivity index (χ3v) is 6.64. The van der Waals surface area contributed by atoms with Gasteiger partial charge in [0.15, 0.2) is 18.0 Å². The summed E-state index contributed by atoms with van der Waals surface area (Å²) in [4.78, 5) is 15.8. The third kappa shape index (κ3) is 4.16. The molecule has 4 rings (SSSR count). The fourth-order valence-corrected chi connectivity index (χ4v) is 4.99. The molecular formula is C22H28N3O3S+. The predicted octanol–water partition coefficient (Wildman–Crippen LogP) is 2.51. The predicted molar refractivity (Wildman–Crippen MR) is 114 cm³/mol. The number of benzene rings is 1. The zero-order chi connectivity index (χ0) is 20.2. The average molecular weight is 415 g/mol. The van der Waals surface area contributed by atoms with Crippen LogP contribution in [-0.4, -0.2) is 50.5 Å². The summed E-state index contributed by atoms with van der Waals surface area (Å²) < 4.78 is 11.2. The van der Waals surface area contributed by atoms with Crippen LogP contribution in [0.4, 0.5) is 0 Å². The number of nitrogens with zero attached hydrogens (tertiary/aromatic N) is 2. The molecule has 0 aliphatic carbocycles. The molecule has 1 amide bonds. The zero-order valence-corrected chi connectivity index (χ0v) is 17.8. The number of carbonyl (C=O) groups excluding carboxylic acids is 1. The molecule has 2 aromatic rings. The molecule has 0 saturated carbocycles. The molecule has 1 aromatic carbocycles. The van der Waals surface area contributed by atoms with Crippen LogP contribution in [0.3, 0.4) is 0 Å². The van der Waals surface area contributed by atoms with Crippen LogP contribution in [0.1, 0.15) is 42.2 Å². The molecule has 2 aliphatic heterocycles. The highest BCUT2D eigenvalue weighted by Gasteiger charge is 2.37. The molecule has 6 nitrogen and oxygen atoms in total. The van der Waals surface area contributed by atoms with Gasteiger partial charge in [-0.2, -0.15) is 5.10 Å². The Morgan fingerprint density at radius 3 is 2.69 bits per heavy atom. The van der Waals surface area contributed by atoms with Crippen molar-refractivity contribution in [1.29, 1.82) is 0 Å². The fourth-order valence-electron chi connectivity index (χ4n) is 4.27. The number of quaternary nitrogens is 1. The van der Waals surface area contributed by atoms with Crippen molar-refractivity contribution in [3.05, 3.63) is 46.2 Å². The van der Waals surface area contributed by atoms with E-state index in [4.69, 9.17) is 14.6 Å². The maximum Gasteiger partial charge on any atom is 0.298 e. The summed E-state index contributed by atoms with van der Waals surface area (Å²) in [5, 5.41) is 8.52. The van der Waals surface area contributed by atoms with Crippen molar-refractivity contribution in [2.75, 3.05) is 33.9 Å². The van der Waals surface area contributed by atoms with Gasteiger partial charge in [-0.25, -0.2) is 5.01 Å². The SMILES string of the molecule is COc1cccc([C@@H]2CC(c3cccs3)=NN2C(=O)C[NH+]2CCCCC2)c1OC. The Labute approximate surface area is 175 Å². The zero-order valence-electron chi connectivity index (χ0n) is 17.0. The number of piperidine rings is 1. The number of rotatable bonds is 6. The number of ether oxygens (including phenoxy) is 2. The van der Waals surface area contributed by atoms with E-state index in [1.165, 1.54) is 24.2 Å². The van der Waals surface area contributed by atoms with E-state index in [9.17, 15) is 4.79 Å². The van der Waals surface area contributed by atoms with Gasteiger partial charge in [-0.3, -0.25) is 4.79 Å². The van der Waals surface area contributed by atoms with Crippen LogP contribution < -0.4 is 14.4 Å². The summed E-state index contributed by atoms with van der Waals surface area (Å²) in [6, 6.07) is 9.72. The van der Waals surface area contributed by atoms with E-state index >= 15 is 0 Å². The molecule has 0 bridgehead atoms. The largest absolute Gasteiger partial charge is 0.493 e. The minimum Gasteiger partial charge on any atom is -0.493 e. The van der Waals surface area contributed by atoms with Crippen LogP contribution in [-0.2, 0) is 4.79 Å². The van der Waals surface area contributed by atoms with Gasteiger partial charge >= 0.3 is 0 Å². The molecule has 1 saturated heterocycles. The fraction of sp³-hybridized carbons (Fsp3) is 0.455. The van der Waals surface area contributed by atoms with Gasteiger partial charge in [0.1, 0.15) is 0 Å². The molecule has 2 aliphatic rings. The van der Waals surface area contributed by atoms with Crippen molar-refractivity contribution in [3.63, 3.8) is 0 Å². The molecule has 0 unspecified atom stereocenters. The van der Waals surface area contributed by atoms with Crippen LogP contribution in [0.25, 0.3) is 0 Å². The number of thiophene rings is 1. The summed E-state index contributed by atoms with van der Waals surface area (Å²) in [7, 11) is 3.27. The van der Waals surface area contributed by atoms with Crippen LogP contribution in [0.2, 0.25) is 0 Å². The van der Waals surface area contributed by atoms with Gasteiger partial charge < -0.3 is 14.4 Å². The van der Waals surface area contributed by atoms with Gasteiger partial charge in [-0.15, -0.1) is 11.3 Å². The van der Waals surface area contributed by atoms with Crippen LogP contribution in [0, 0.1) is 0 Å². The number of hydrogen-bond donors (Lipinski definition) is 1. The van der Waals surface area contributed by atoms with E-state index in [1.807, 2.05) is 29.6 Å². The van der Waals surface area contributed by atoms with E-state index in [2.05, 4.69) is 6.07 Å². The molecule has 154 valence electrons. The second kappa shape index (κ2) is 8.97. The molecule has 7 heteroatoms. The van der Waals surface area contributed by atoms with E-state index in [0.29, 0.717) is 24.5 Å². The van der Waals surface area contributed by atoms with Crippen molar-refractivity contribution in [1.82, 2.24) is 5.01 Å². The monoisotopic (exact) mass is 414 g/mol. The van der Waals surface area contributed by atoms with Crippen molar-refractivity contribution >= 4 is 23.0 Å². The molecule has 0 spiro atoms. The van der Waals surface area contributed by atoms with Gasteiger partial charge in [0.25, 0.3) is 5.91 Å². The standard InChI is InChI=1S/C22H27N3O3S/c1-27-19-9-6-8-16(22(19)28-2)18-14-17(20-10-7-13-29-20)23-25(18)21(26)15-24-11-4-3-5-12-24/h6-10,13,18H,3-5,11-12,14-15H2,1-2H3/p+1/t18-/m0/s1.